The van der Waals surface area contributed by atoms with Crippen molar-refractivity contribution >= 4 is 10.8 Å². The second kappa shape index (κ2) is 11.8. The molecule has 0 aliphatic heterocycles. The van der Waals surface area contributed by atoms with Gasteiger partial charge in [-0.05, 0) is 67.4 Å². The average Bonchev–Trinajstić information content (AvgIpc) is 2.76. The molecule has 1 aliphatic rings. The van der Waals surface area contributed by atoms with Gasteiger partial charge in [0.2, 0.25) is 0 Å². The van der Waals surface area contributed by atoms with E-state index in [1.54, 1.807) is 6.07 Å². The molecule has 0 heterocycles. The van der Waals surface area contributed by atoms with E-state index in [4.69, 9.17) is 4.74 Å². The lowest BCUT2D eigenvalue weighted by atomic mass is 9.76. The highest BCUT2D eigenvalue weighted by atomic mass is 19.3. The minimum absolute atomic E-state index is 0.00659. The molecule has 0 N–H and O–H groups in total. The molecule has 31 heavy (non-hydrogen) atoms. The predicted octanol–water partition coefficient (Wildman–Crippen LogP) is 9.17. The number of rotatable bonds is 11. The molecule has 4 heteroatoms. The Labute approximate surface area is 185 Å². The van der Waals surface area contributed by atoms with Crippen LogP contribution in [0, 0.1) is 11.7 Å². The van der Waals surface area contributed by atoms with Crippen molar-refractivity contribution < 1.29 is 17.9 Å². The quantitative estimate of drug-likeness (QED) is 0.320. The van der Waals surface area contributed by atoms with Crippen molar-refractivity contribution in [2.75, 3.05) is 0 Å². The summed E-state index contributed by atoms with van der Waals surface area (Å²) in [4.78, 5) is 0. The summed E-state index contributed by atoms with van der Waals surface area (Å²) < 4.78 is 46.0. The van der Waals surface area contributed by atoms with Crippen LogP contribution >= 0.6 is 0 Å². The minimum atomic E-state index is -2.95. The molecular formula is C27H37F3O. The topological polar surface area (TPSA) is 9.23 Å². The molecule has 0 spiro atoms. The first-order valence-electron chi connectivity index (χ1n) is 12.2. The summed E-state index contributed by atoms with van der Waals surface area (Å²) in [5.74, 6) is 0.888. The first-order chi connectivity index (χ1) is 15.0. The number of fused-ring (bicyclic) bond motifs is 1. The van der Waals surface area contributed by atoms with E-state index in [1.807, 2.05) is 18.2 Å². The number of alkyl halides is 2. The van der Waals surface area contributed by atoms with Crippen LogP contribution in [0.4, 0.5) is 13.2 Å². The monoisotopic (exact) mass is 434 g/mol. The smallest absolute Gasteiger partial charge is 0.387 e. The molecule has 0 unspecified atom stereocenters. The second-order valence-corrected chi connectivity index (χ2v) is 9.20. The average molecular weight is 435 g/mol. The highest BCUT2D eigenvalue weighted by molar-refractivity contribution is 5.86. The molecule has 0 saturated heterocycles. The lowest BCUT2D eigenvalue weighted by Crippen LogP contribution is -2.13. The van der Waals surface area contributed by atoms with Crippen LogP contribution in [0.15, 0.2) is 24.3 Å². The van der Waals surface area contributed by atoms with Crippen molar-refractivity contribution in [2.45, 2.75) is 103 Å². The molecule has 1 fully saturated rings. The molecule has 0 aromatic heterocycles. The highest BCUT2D eigenvalue weighted by Crippen LogP contribution is 2.40. The van der Waals surface area contributed by atoms with Crippen LogP contribution in [0.5, 0.6) is 5.75 Å². The molecule has 0 atom stereocenters. The van der Waals surface area contributed by atoms with Crippen molar-refractivity contribution in [3.63, 3.8) is 0 Å². The van der Waals surface area contributed by atoms with Gasteiger partial charge < -0.3 is 4.74 Å². The van der Waals surface area contributed by atoms with Gasteiger partial charge in [0.15, 0.2) is 0 Å². The predicted molar refractivity (Wildman–Crippen MR) is 123 cm³/mol. The number of hydrogen-bond acceptors (Lipinski definition) is 1. The van der Waals surface area contributed by atoms with Gasteiger partial charge in [-0.25, -0.2) is 4.39 Å². The van der Waals surface area contributed by atoms with Crippen LogP contribution in [-0.2, 0) is 6.42 Å². The van der Waals surface area contributed by atoms with Crippen LogP contribution in [0.3, 0.4) is 0 Å². The Morgan fingerprint density at radius 3 is 2.32 bits per heavy atom. The van der Waals surface area contributed by atoms with E-state index in [1.165, 1.54) is 44.1 Å². The molecule has 1 aliphatic carbocycles. The molecule has 0 bridgehead atoms. The third-order valence-electron chi connectivity index (χ3n) is 6.94. The Hall–Kier alpha value is -1.71. The fourth-order valence-electron chi connectivity index (χ4n) is 5.11. The van der Waals surface area contributed by atoms with Crippen LogP contribution in [0.1, 0.15) is 102 Å². The van der Waals surface area contributed by atoms with Crippen LogP contribution in [0.25, 0.3) is 10.8 Å². The van der Waals surface area contributed by atoms with E-state index < -0.39 is 12.4 Å². The van der Waals surface area contributed by atoms with Crippen LogP contribution < -0.4 is 4.74 Å². The van der Waals surface area contributed by atoms with Crippen LogP contribution in [-0.4, -0.2) is 6.61 Å². The van der Waals surface area contributed by atoms with Gasteiger partial charge in [-0.2, -0.15) is 8.78 Å². The highest BCUT2D eigenvalue weighted by Gasteiger charge is 2.23. The van der Waals surface area contributed by atoms with E-state index >= 15 is 4.39 Å². The maximum atomic E-state index is 15.3. The largest absolute Gasteiger partial charge is 0.434 e. The van der Waals surface area contributed by atoms with Gasteiger partial charge in [-0.1, -0.05) is 70.6 Å². The maximum Gasteiger partial charge on any atom is 0.387 e. The van der Waals surface area contributed by atoms with Gasteiger partial charge in [0.05, 0.1) is 0 Å². The van der Waals surface area contributed by atoms with Crippen LogP contribution in [0.2, 0.25) is 0 Å². The summed E-state index contributed by atoms with van der Waals surface area (Å²) in [5.41, 5.74) is 1.47. The molecule has 172 valence electrons. The zero-order chi connectivity index (χ0) is 22.2. The van der Waals surface area contributed by atoms with E-state index in [0.717, 1.165) is 38.0 Å². The second-order valence-electron chi connectivity index (χ2n) is 9.20. The summed E-state index contributed by atoms with van der Waals surface area (Å²) in [6.07, 6.45) is 13.2. The molecule has 1 nitrogen and oxygen atoms in total. The normalized spacial score (nSPS) is 19.3. The lowest BCUT2D eigenvalue weighted by molar-refractivity contribution is -0.0505. The number of ether oxygens (including phenoxy) is 1. The fraction of sp³-hybridized carbons (Fsp3) is 0.630. The number of halogens is 3. The van der Waals surface area contributed by atoms with Crippen molar-refractivity contribution in [1.29, 1.82) is 0 Å². The number of benzene rings is 2. The Morgan fingerprint density at radius 2 is 1.65 bits per heavy atom. The molecular weight excluding hydrogens is 397 g/mol. The summed E-state index contributed by atoms with van der Waals surface area (Å²) in [5, 5.41) is 1.17. The molecule has 2 aromatic carbocycles. The maximum absolute atomic E-state index is 15.3. The van der Waals surface area contributed by atoms with E-state index in [0.29, 0.717) is 23.1 Å². The summed E-state index contributed by atoms with van der Waals surface area (Å²) in [7, 11) is 0. The first-order valence-corrected chi connectivity index (χ1v) is 12.2. The molecule has 0 amide bonds. The van der Waals surface area contributed by atoms with Crippen molar-refractivity contribution in [1.82, 2.24) is 0 Å². The summed E-state index contributed by atoms with van der Waals surface area (Å²) >= 11 is 0. The van der Waals surface area contributed by atoms with Gasteiger partial charge in [0, 0.05) is 10.9 Å². The number of hydrogen-bond donors (Lipinski definition) is 0. The van der Waals surface area contributed by atoms with Gasteiger partial charge in [-0.3, -0.25) is 0 Å². The first kappa shape index (κ1) is 23.9. The summed E-state index contributed by atoms with van der Waals surface area (Å²) in [6, 6.07) is 7.49. The zero-order valence-corrected chi connectivity index (χ0v) is 19.1. The van der Waals surface area contributed by atoms with Crippen molar-refractivity contribution in [3.8, 4) is 5.75 Å². The van der Waals surface area contributed by atoms with Crippen molar-refractivity contribution in [3.05, 3.63) is 41.2 Å². The number of unbranched alkanes of at least 4 members (excludes halogenated alkanes) is 4. The molecule has 0 radical (unpaired) electrons. The van der Waals surface area contributed by atoms with Gasteiger partial charge in [0.25, 0.3) is 0 Å². The zero-order valence-electron chi connectivity index (χ0n) is 19.1. The van der Waals surface area contributed by atoms with E-state index in [-0.39, 0.29) is 11.3 Å². The van der Waals surface area contributed by atoms with Gasteiger partial charge >= 0.3 is 6.61 Å². The fourth-order valence-corrected chi connectivity index (χ4v) is 5.11. The standard InChI is InChI=1S/C27H37F3O/c1-3-5-7-9-19-11-13-20(14-12-19)21-15-16-23-22(17-21)18-25(31-27(29)30)24(26(23)28)10-8-6-4-2/h15-20,27H,3-14H2,1-2H3. The van der Waals surface area contributed by atoms with Crippen molar-refractivity contribution in [2.24, 2.45) is 5.92 Å². The molecule has 3 rings (SSSR count). The third-order valence-corrected chi connectivity index (χ3v) is 6.94. The SMILES string of the molecule is CCCCCc1c(OC(F)F)cc2cc(C3CCC(CCCCC)CC3)ccc2c1F. The molecule has 1 saturated carbocycles. The summed E-state index contributed by atoms with van der Waals surface area (Å²) in [6.45, 7) is 1.35. The Morgan fingerprint density at radius 1 is 0.935 bits per heavy atom. The lowest BCUT2D eigenvalue weighted by Gasteiger charge is -2.29. The van der Waals surface area contributed by atoms with Gasteiger partial charge in [-0.15, -0.1) is 0 Å². The Kier molecular flexibility index (Phi) is 9.10. The van der Waals surface area contributed by atoms with E-state index in [9.17, 15) is 8.78 Å². The Balaban J connectivity index is 1.79. The van der Waals surface area contributed by atoms with E-state index in [2.05, 4.69) is 13.8 Å². The Bertz CT molecular complexity index is 825. The van der Waals surface area contributed by atoms with Gasteiger partial charge in [0.1, 0.15) is 11.6 Å². The third kappa shape index (κ3) is 6.40. The molecule has 2 aromatic rings. The minimum Gasteiger partial charge on any atom is -0.434 e.